The molecule has 1 fully saturated rings. The first-order valence-corrected chi connectivity index (χ1v) is 7.85. The van der Waals surface area contributed by atoms with Crippen LogP contribution in [0.15, 0.2) is 24.3 Å². The highest BCUT2D eigenvalue weighted by Crippen LogP contribution is 2.05. The van der Waals surface area contributed by atoms with E-state index in [1.807, 2.05) is 19.1 Å². The van der Waals surface area contributed by atoms with Gasteiger partial charge in [-0.2, -0.15) is 0 Å². The van der Waals surface area contributed by atoms with Gasteiger partial charge in [0.2, 0.25) is 11.8 Å². The first kappa shape index (κ1) is 17.0. The molecule has 1 aliphatic rings. The Morgan fingerprint density at radius 2 is 1.78 bits per heavy atom. The largest absolute Gasteiger partial charge is 0.343 e. The number of hydrogen-bond acceptors (Lipinski definition) is 3. The van der Waals surface area contributed by atoms with E-state index in [-0.39, 0.29) is 24.3 Å². The molecule has 0 unspecified atom stereocenters. The summed E-state index contributed by atoms with van der Waals surface area (Å²) in [5, 5.41) is 2.67. The molecule has 1 saturated heterocycles. The highest BCUT2D eigenvalue weighted by atomic mass is 16.2. The predicted octanol–water partition coefficient (Wildman–Crippen LogP) is 0.806. The number of carbonyl (C=O) groups excluding carboxylic acids is 3. The van der Waals surface area contributed by atoms with Crippen LogP contribution in [-0.4, -0.2) is 60.2 Å². The molecule has 6 heteroatoms. The molecule has 0 spiro atoms. The molecule has 1 heterocycles. The summed E-state index contributed by atoms with van der Waals surface area (Å²) < 4.78 is 0. The molecule has 0 aliphatic carbocycles. The third-order valence-electron chi connectivity index (χ3n) is 3.97. The standard InChI is InChI=1S/C17H23N3O3/c1-13-5-3-6-15(11-13)17(23)18-12-16(22)20-8-4-7-19(9-10-20)14(2)21/h3,5-6,11H,4,7-10,12H2,1-2H3,(H,18,23). The van der Waals surface area contributed by atoms with Crippen molar-refractivity contribution < 1.29 is 14.4 Å². The number of amides is 3. The van der Waals surface area contributed by atoms with Crippen molar-refractivity contribution in [2.45, 2.75) is 20.3 Å². The van der Waals surface area contributed by atoms with Crippen LogP contribution in [0.25, 0.3) is 0 Å². The van der Waals surface area contributed by atoms with Crippen molar-refractivity contribution in [1.29, 1.82) is 0 Å². The highest BCUT2D eigenvalue weighted by Gasteiger charge is 2.20. The minimum absolute atomic E-state index is 0.0210. The fourth-order valence-electron chi connectivity index (χ4n) is 2.64. The van der Waals surface area contributed by atoms with E-state index < -0.39 is 0 Å². The fraction of sp³-hybridized carbons (Fsp3) is 0.471. The van der Waals surface area contributed by atoms with Crippen LogP contribution < -0.4 is 5.32 Å². The number of nitrogens with one attached hydrogen (secondary N) is 1. The van der Waals surface area contributed by atoms with Gasteiger partial charge in [-0.3, -0.25) is 14.4 Å². The average molecular weight is 317 g/mol. The molecule has 3 amide bonds. The molecule has 0 aromatic heterocycles. The summed E-state index contributed by atoms with van der Waals surface area (Å²) in [7, 11) is 0. The minimum Gasteiger partial charge on any atom is -0.343 e. The summed E-state index contributed by atoms with van der Waals surface area (Å²) in [6, 6.07) is 7.25. The van der Waals surface area contributed by atoms with Crippen LogP contribution >= 0.6 is 0 Å². The maximum absolute atomic E-state index is 12.2. The number of aryl methyl sites for hydroxylation is 1. The second-order valence-corrected chi connectivity index (χ2v) is 5.79. The van der Waals surface area contributed by atoms with Crippen molar-refractivity contribution in [2.75, 3.05) is 32.7 Å². The summed E-state index contributed by atoms with van der Waals surface area (Å²) in [6.45, 7) is 5.79. The van der Waals surface area contributed by atoms with E-state index in [1.165, 1.54) is 0 Å². The molecule has 0 saturated carbocycles. The SMILES string of the molecule is CC(=O)N1CCCN(C(=O)CNC(=O)c2cccc(C)c2)CC1. The molecule has 1 aromatic rings. The van der Waals surface area contributed by atoms with Crippen LogP contribution in [0.2, 0.25) is 0 Å². The lowest BCUT2D eigenvalue weighted by molar-refractivity contribution is -0.131. The lowest BCUT2D eigenvalue weighted by atomic mass is 10.1. The Morgan fingerprint density at radius 3 is 2.48 bits per heavy atom. The van der Waals surface area contributed by atoms with Crippen molar-refractivity contribution in [3.05, 3.63) is 35.4 Å². The zero-order valence-corrected chi connectivity index (χ0v) is 13.7. The van der Waals surface area contributed by atoms with Gasteiger partial charge in [0.1, 0.15) is 0 Å². The molecule has 1 aliphatic heterocycles. The third-order valence-corrected chi connectivity index (χ3v) is 3.97. The summed E-state index contributed by atoms with van der Waals surface area (Å²) >= 11 is 0. The van der Waals surface area contributed by atoms with E-state index in [0.717, 1.165) is 12.0 Å². The van der Waals surface area contributed by atoms with Crippen LogP contribution in [0.1, 0.15) is 29.3 Å². The van der Waals surface area contributed by atoms with Gasteiger partial charge in [-0.05, 0) is 25.5 Å². The van der Waals surface area contributed by atoms with E-state index in [4.69, 9.17) is 0 Å². The zero-order chi connectivity index (χ0) is 16.8. The van der Waals surface area contributed by atoms with Gasteiger partial charge in [0.25, 0.3) is 5.91 Å². The van der Waals surface area contributed by atoms with E-state index in [9.17, 15) is 14.4 Å². The van der Waals surface area contributed by atoms with Crippen molar-refractivity contribution in [3.63, 3.8) is 0 Å². The first-order chi connectivity index (χ1) is 11.0. The third kappa shape index (κ3) is 4.81. The van der Waals surface area contributed by atoms with Gasteiger partial charge in [-0.25, -0.2) is 0 Å². The van der Waals surface area contributed by atoms with Crippen LogP contribution in [-0.2, 0) is 9.59 Å². The lowest BCUT2D eigenvalue weighted by Crippen LogP contribution is -2.42. The second kappa shape index (κ2) is 7.76. The number of benzene rings is 1. The Bertz CT molecular complexity index is 601. The summed E-state index contributed by atoms with van der Waals surface area (Å²) in [5.74, 6) is -0.328. The van der Waals surface area contributed by atoms with Crippen LogP contribution in [0, 0.1) is 6.92 Å². The summed E-state index contributed by atoms with van der Waals surface area (Å²) in [5.41, 5.74) is 1.55. The van der Waals surface area contributed by atoms with E-state index in [0.29, 0.717) is 31.7 Å². The molecule has 0 atom stereocenters. The van der Waals surface area contributed by atoms with Gasteiger partial charge >= 0.3 is 0 Å². The molecule has 2 rings (SSSR count). The van der Waals surface area contributed by atoms with Crippen LogP contribution in [0.5, 0.6) is 0 Å². The van der Waals surface area contributed by atoms with E-state index in [2.05, 4.69) is 5.32 Å². The van der Waals surface area contributed by atoms with Crippen LogP contribution in [0.4, 0.5) is 0 Å². The topological polar surface area (TPSA) is 69.7 Å². The Labute approximate surface area is 136 Å². The monoisotopic (exact) mass is 317 g/mol. The van der Waals surface area contributed by atoms with Crippen molar-refractivity contribution in [2.24, 2.45) is 0 Å². The molecular formula is C17H23N3O3. The average Bonchev–Trinajstić information content (AvgIpc) is 2.78. The van der Waals surface area contributed by atoms with Gasteiger partial charge < -0.3 is 15.1 Å². The quantitative estimate of drug-likeness (QED) is 0.897. The lowest BCUT2D eigenvalue weighted by Gasteiger charge is -2.21. The molecule has 124 valence electrons. The summed E-state index contributed by atoms with van der Waals surface area (Å²) in [6.07, 6.45) is 0.761. The molecule has 23 heavy (non-hydrogen) atoms. The summed E-state index contributed by atoms with van der Waals surface area (Å²) in [4.78, 5) is 39.1. The van der Waals surface area contributed by atoms with Gasteiger partial charge in [0, 0.05) is 38.7 Å². The van der Waals surface area contributed by atoms with Gasteiger partial charge in [-0.1, -0.05) is 17.7 Å². The second-order valence-electron chi connectivity index (χ2n) is 5.79. The van der Waals surface area contributed by atoms with Crippen LogP contribution in [0.3, 0.4) is 0 Å². The molecule has 6 nitrogen and oxygen atoms in total. The molecule has 0 radical (unpaired) electrons. The zero-order valence-electron chi connectivity index (χ0n) is 13.7. The molecule has 1 N–H and O–H groups in total. The molecule has 1 aromatic carbocycles. The number of hydrogen-bond donors (Lipinski definition) is 1. The Hall–Kier alpha value is -2.37. The number of rotatable bonds is 3. The number of nitrogens with zero attached hydrogens (tertiary/aromatic N) is 2. The molecular weight excluding hydrogens is 294 g/mol. The fourth-order valence-corrected chi connectivity index (χ4v) is 2.64. The highest BCUT2D eigenvalue weighted by molar-refractivity contribution is 5.96. The Kier molecular flexibility index (Phi) is 5.73. The van der Waals surface area contributed by atoms with Gasteiger partial charge in [-0.15, -0.1) is 0 Å². The Balaban J connectivity index is 1.85. The first-order valence-electron chi connectivity index (χ1n) is 7.85. The molecule has 0 bridgehead atoms. The van der Waals surface area contributed by atoms with Gasteiger partial charge in [0.05, 0.1) is 6.54 Å². The maximum Gasteiger partial charge on any atom is 0.251 e. The van der Waals surface area contributed by atoms with Crippen molar-refractivity contribution in [1.82, 2.24) is 15.1 Å². The van der Waals surface area contributed by atoms with Crippen molar-refractivity contribution in [3.8, 4) is 0 Å². The van der Waals surface area contributed by atoms with Gasteiger partial charge in [0.15, 0.2) is 0 Å². The normalized spacial score (nSPS) is 15.0. The Morgan fingerprint density at radius 1 is 1.09 bits per heavy atom. The minimum atomic E-state index is -0.248. The number of carbonyl (C=O) groups is 3. The maximum atomic E-state index is 12.2. The predicted molar refractivity (Wildman–Crippen MR) is 87.0 cm³/mol. The van der Waals surface area contributed by atoms with E-state index >= 15 is 0 Å². The van der Waals surface area contributed by atoms with E-state index in [1.54, 1.807) is 28.9 Å². The smallest absolute Gasteiger partial charge is 0.251 e. The van der Waals surface area contributed by atoms with Crippen molar-refractivity contribution >= 4 is 17.7 Å².